The molecular weight excluding hydrogens is 338 g/mol. The molecule has 0 N–H and O–H groups in total. The van der Waals surface area contributed by atoms with Crippen molar-refractivity contribution < 1.29 is 28.6 Å². The minimum Gasteiger partial charge on any atom is -0.461 e. The van der Waals surface area contributed by atoms with Crippen LogP contribution in [0.5, 0.6) is 0 Å². The van der Waals surface area contributed by atoms with Crippen molar-refractivity contribution in [1.82, 2.24) is 4.90 Å². The van der Waals surface area contributed by atoms with E-state index in [2.05, 4.69) is 0 Å². The summed E-state index contributed by atoms with van der Waals surface area (Å²) < 4.78 is 15.0. The van der Waals surface area contributed by atoms with Gasteiger partial charge in [0.25, 0.3) is 0 Å². The Labute approximate surface area is 156 Å². The summed E-state index contributed by atoms with van der Waals surface area (Å²) in [4.78, 5) is 37.4. The highest BCUT2D eigenvalue weighted by Crippen LogP contribution is 2.10. The van der Waals surface area contributed by atoms with Gasteiger partial charge in [-0.05, 0) is 40.9 Å². The molecule has 0 aromatic carbocycles. The normalized spacial score (nSPS) is 11.5. The van der Waals surface area contributed by atoms with E-state index in [9.17, 15) is 14.4 Å². The SMILES string of the molecule is [CH]/C=C\COC(=O)CC(CC(=O)OC/C=C\[CH])OC(=O)CCCN(C)C. The molecule has 0 saturated carbocycles. The predicted octanol–water partition coefficient (Wildman–Crippen LogP) is 1.64. The van der Waals surface area contributed by atoms with Crippen molar-refractivity contribution >= 4 is 17.9 Å². The van der Waals surface area contributed by atoms with Crippen molar-refractivity contribution in [1.29, 1.82) is 0 Å². The van der Waals surface area contributed by atoms with Crippen LogP contribution in [0.4, 0.5) is 0 Å². The van der Waals surface area contributed by atoms with Gasteiger partial charge in [0.1, 0.15) is 19.3 Å². The van der Waals surface area contributed by atoms with Crippen LogP contribution >= 0.6 is 0 Å². The van der Waals surface area contributed by atoms with Crippen LogP contribution in [-0.4, -0.2) is 62.8 Å². The van der Waals surface area contributed by atoms with Gasteiger partial charge >= 0.3 is 17.9 Å². The highest BCUT2D eigenvalue weighted by molar-refractivity contribution is 5.76. The molecule has 4 radical (unpaired) electrons. The minimum absolute atomic E-state index is 0.00454. The number of carbonyl (C=O) groups excluding carboxylic acids is 3. The number of rotatable bonds is 13. The van der Waals surface area contributed by atoms with E-state index in [1.165, 1.54) is 24.3 Å². The molecular formula is C19H27NO6. The average molecular weight is 365 g/mol. The Bertz CT molecular complexity index is 454. The van der Waals surface area contributed by atoms with Crippen LogP contribution in [0, 0.1) is 13.8 Å². The van der Waals surface area contributed by atoms with Crippen molar-refractivity contribution in [2.75, 3.05) is 33.9 Å². The molecule has 0 aromatic heterocycles. The van der Waals surface area contributed by atoms with Crippen molar-refractivity contribution in [3.8, 4) is 0 Å². The van der Waals surface area contributed by atoms with E-state index >= 15 is 0 Å². The molecule has 0 atom stereocenters. The molecule has 26 heavy (non-hydrogen) atoms. The van der Waals surface area contributed by atoms with E-state index in [0.717, 1.165) is 6.54 Å². The molecule has 0 fully saturated rings. The summed E-state index contributed by atoms with van der Waals surface area (Å²) >= 11 is 0. The lowest BCUT2D eigenvalue weighted by atomic mass is 10.2. The fraction of sp³-hybridized carbons (Fsp3) is 0.526. The van der Waals surface area contributed by atoms with Crippen molar-refractivity contribution in [3.63, 3.8) is 0 Å². The summed E-state index contributed by atoms with van der Waals surface area (Å²) in [7, 11) is 3.79. The Morgan fingerprint density at radius 1 is 0.923 bits per heavy atom. The molecule has 0 amide bonds. The number of esters is 3. The van der Waals surface area contributed by atoms with E-state index < -0.39 is 24.0 Å². The zero-order chi connectivity index (χ0) is 19.8. The third-order valence-electron chi connectivity index (χ3n) is 3.03. The van der Waals surface area contributed by atoms with Gasteiger partial charge in [-0.3, -0.25) is 14.4 Å². The van der Waals surface area contributed by atoms with Gasteiger partial charge in [-0.1, -0.05) is 24.3 Å². The molecule has 0 aliphatic carbocycles. The molecule has 0 rings (SSSR count). The van der Waals surface area contributed by atoms with Crippen molar-refractivity contribution in [2.24, 2.45) is 0 Å². The van der Waals surface area contributed by atoms with E-state index in [4.69, 9.17) is 28.1 Å². The van der Waals surface area contributed by atoms with Crippen LogP contribution < -0.4 is 0 Å². The van der Waals surface area contributed by atoms with E-state index in [-0.39, 0.29) is 32.5 Å². The lowest BCUT2D eigenvalue weighted by molar-refractivity contribution is -0.158. The number of hydrogen-bond donors (Lipinski definition) is 0. The number of allylic oxidation sites excluding steroid dienone is 2. The summed E-state index contributed by atoms with van der Waals surface area (Å²) in [6.45, 7) is 11.0. The summed E-state index contributed by atoms with van der Waals surface area (Å²) in [6, 6.07) is 0. The first-order chi connectivity index (χ1) is 12.4. The summed E-state index contributed by atoms with van der Waals surface area (Å²) in [6.07, 6.45) is 4.74. The Morgan fingerprint density at radius 2 is 1.42 bits per heavy atom. The Kier molecular flexibility index (Phi) is 13.9. The second-order valence-electron chi connectivity index (χ2n) is 5.65. The zero-order valence-corrected chi connectivity index (χ0v) is 15.4. The number of carbonyl (C=O) groups is 3. The average Bonchev–Trinajstić information content (AvgIpc) is 2.54. The topological polar surface area (TPSA) is 82.1 Å². The van der Waals surface area contributed by atoms with Crippen LogP contribution in [-0.2, 0) is 28.6 Å². The smallest absolute Gasteiger partial charge is 0.309 e. The van der Waals surface area contributed by atoms with Gasteiger partial charge in [0.2, 0.25) is 0 Å². The fourth-order valence-corrected chi connectivity index (χ4v) is 1.82. The van der Waals surface area contributed by atoms with Gasteiger partial charge in [-0.25, -0.2) is 0 Å². The molecule has 0 aliphatic heterocycles. The highest BCUT2D eigenvalue weighted by Gasteiger charge is 2.23. The van der Waals surface area contributed by atoms with E-state index in [1.54, 1.807) is 0 Å². The number of nitrogens with zero attached hydrogens (tertiary/aromatic N) is 1. The van der Waals surface area contributed by atoms with Gasteiger partial charge in [0.15, 0.2) is 0 Å². The van der Waals surface area contributed by atoms with Crippen LogP contribution in [0.25, 0.3) is 0 Å². The monoisotopic (exact) mass is 365 g/mol. The summed E-state index contributed by atoms with van der Waals surface area (Å²) in [5.74, 6) is -1.70. The van der Waals surface area contributed by atoms with Gasteiger partial charge in [-0.15, -0.1) is 0 Å². The van der Waals surface area contributed by atoms with Crippen molar-refractivity contribution in [3.05, 3.63) is 38.2 Å². The van der Waals surface area contributed by atoms with E-state index in [0.29, 0.717) is 6.42 Å². The Morgan fingerprint density at radius 3 is 1.85 bits per heavy atom. The quantitative estimate of drug-likeness (QED) is 0.362. The Hall–Kier alpha value is -2.15. The maximum atomic E-state index is 11.9. The van der Waals surface area contributed by atoms with Gasteiger partial charge in [0, 0.05) is 6.42 Å². The second kappa shape index (κ2) is 15.1. The summed E-state index contributed by atoms with van der Waals surface area (Å²) in [5, 5.41) is 0. The molecule has 0 saturated heterocycles. The molecule has 144 valence electrons. The lowest BCUT2D eigenvalue weighted by Crippen LogP contribution is -2.27. The van der Waals surface area contributed by atoms with Gasteiger partial charge in [-0.2, -0.15) is 0 Å². The predicted molar refractivity (Wildman–Crippen MR) is 95.7 cm³/mol. The third-order valence-corrected chi connectivity index (χ3v) is 3.03. The molecule has 0 aliphatic rings. The van der Waals surface area contributed by atoms with E-state index in [1.807, 2.05) is 19.0 Å². The first-order valence-corrected chi connectivity index (χ1v) is 8.28. The number of hydrogen-bond acceptors (Lipinski definition) is 7. The molecule has 7 nitrogen and oxygen atoms in total. The third kappa shape index (κ3) is 14.2. The first-order valence-electron chi connectivity index (χ1n) is 8.28. The van der Waals surface area contributed by atoms with Crippen LogP contribution in [0.15, 0.2) is 24.3 Å². The maximum Gasteiger partial charge on any atom is 0.309 e. The van der Waals surface area contributed by atoms with Crippen LogP contribution in [0.2, 0.25) is 0 Å². The number of ether oxygens (including phenoxy) is 3. The molecule has 0 spiro atoms. The van der Waals surface area contributed by atoms with Crippen molar-refractivity contribution in [2.45, 2.75) is 31.8 Å². The van der Waals surface area contributed by atoms with Gasteiger partial charge in [0.05, 0.1) is 12.8 Å². The molecule has 0 heterocycles. The van der Waals surface area contributed by atoms with Crippen LogP contribution in [0.1, 0.15) is 25.7 Å². The fourth-order valence-electron chi connectivity index (χ4n) is 1.82. The largest absolute Gasteiger partial charge is 0.461 e. The van der Waals surface area contributed by atoms with Gasteiger partial charge < -0.3 is 19.1 Å². The minimum atomic E-state index is -0.953. The second-order valence-corrected chi connectivity index (χ2v) is 5.65. The zero-order valence-electron chi connectivity index (χ0n) is 15.4. The molecule has 7 heteroatoms. The molecule has 0 unspecified atom stereocenters. The maximum absolute atomic E-state index is 11.9. The standard InChI is InChI=1S/C19H27NO6/c1-5-7-12-24-18(22)14-16(15-19(23)25-13-8-6-2)26-17(21)10-9-11-20(3)4/h1-2,5-8,16H,9-15H2,3-4H3/b7-5-,8-6-. The summed E-state index contributed by atoms with van der Waals surface area (Å²) in [5.41, 5.74) is 0. The Balaban J connectivity index is 4.57. The molecule has 0 aromatic rings. The van der Waals surface area contributed by atoms with Crippen LogP contribution in [0.3, 0.4) is 0 Å². The first kappa shape index (κ1) is 23.9. The molecule has 0 bridgehead atoms. The highest BCUT2D eigenvalue weighted by atomic mass is 16.6. The lowest BCUT2D eigenvalue weighted by Gasteiger charge is -2.17.